The van der Waals surface area contributed by atoms with Crippen molar-refractivity contribution < 1.29 is 23.9 Å². The van der Waals surface area contributed by atoms with Crippen LogP contribution in [0.3, 0.4) is 0 Å². The molecule has 1 amide bonds. The predicted molar refractivity (Wildman–Crippen MR) is 116 cm³/mol. The van der Waals surface area contributed by atoms with Crippen LogP contribution in [0.1, 0.15) is 36.7 Å². The SMILES string of the molecule is COc1ccc(/C=C(\C#N)C(=O)OCC(=O)c2ccc(NC(=O)C(C)(C)C)cc2)cc1. The first kappa shape index (κ1) is 23.4. The maximum Gasteiger partial charge on any atom is 0.349 e. The standard InChI is InChI=1S/C24H24N2O5/c1-24(2,3)23(29)26-19-9-7-17(8-10-19)21(27)15-31-22(28)18(14-25)13-16-5-11-20(30-4)12-6-16/h5-13H,15H2,1-4H3,(H,26,29)/b18-13+. The highest BCUT2D eigenvalue weighted by Crippen LogP contribution is 2.18. The van der Waals surface area contributed by atoms with Crippen LogP contribution in [0.5, 0.6) is 5.75 Å². The summed E-state index contributed by atoms with van der Waals surface area (Å²) in [6, 6.07) is 14.8. The number of hydrogen-bond donors (Lipinski definition) is 1. The molecule has 0 aliphatic carbocycles. The van der Waals surface area contributed by atoms with Crippen LogP contribution < -0.4 is 10.1 Å². The van der Waals surface area contributed by atoms with Gasteiger partial charge < -0.3 is 14.8 Å². The number of amides is 1. The van der Waals surface area contributed by atoms with E-state index >= 15 is 0 Å². The molecule has 0 aliphatic heterocycles. The average molecular weight is 420 g/mol. The number of nitrogens with zero attached hydrogens (tertiary/aromatic N) is 1. The van der Waals surface area contributed by atoms with Crippen molar-refractivity contribution in [3.8, 4) is 11.8 Å². The molecular weight excluding hydrogens is 396 g/mol. The van der Waals surface area contributed by atoms with E-state index in [-0.39, 0.29) is 11.5 Å². The summed E-state index contributed by atoms with van der Waals surface area (Å²) >= 11 is 0. The van der Waals surface area contributed by atoms with Gasteiger partial charge in [-0.1, -0.05) is 32.9 Å². The first-order valence-electron chi connectivity index (χ1n) is 9.51. The van der Waals surface area contributed by atoms with Gasteiger partial charge in [-0.15, -0.1) is 0 Å². The molecule has 2 aromatic carbocycles. The molecule has 0 aromatic heterocycles. The number of carbonyl (C=O) groups is 3. The number of methoxy groups -OCH3 is 1. The molecule has 0 spiro atoms. The van der Waals surface area contributed by atoms with Gasteiger partial charge in [-0.25, -0.2) is 4.79 Å². The third-order valence-electron chi connectivity index (χ3n) is 4.25. The van der Waals surface area contributed by atoms with Gasteiger partial charge in [0.2, 0.25) is 5.91 Å². The molecule has 0 saturated carbocycles. The second kappa shape index (κ2) is 10.2. The zero-order valence-electron chi connectivity index (χ0n) is 17.9. The quantitative estimate of drug-likeness (QED) is 0.314. The average Bonchev–Trinajstić information content (AvgIpc) is 2.75. The number of benzene rings is 2. The molecule has 2 rings (SSSR count). The lowest BCUT2D eigenvalue weighted by Gasteiger charge is -2.17. The molecule has 7 heteroatoms. The molecule has 0 saturated heterocycles. The van der Waals surface area contributed by atoms with E-state index in [2.05, 4.69) is 5.32 Å². The Kier molecular flexibility index (Phi) is 7.70. The Morgan fingerprint density at radius 3 is 2.16 bits per heavy atom. The molecule has 31 heavy (non-hydrogen) atoms. The first-order chi connectivity index (χ1) is 14.6. The molecule has 0 unspecified atom stereocenters. The van der Waals surface area contributed by atoms with E-state index in [1.807, 2.05) is 0 Å². The molecule has 0 radical (unpaired) electrons. The van der Waals surface area contributed by atoms with Gasteiger partial charge in [-0.3, -0.25) is 9.59 Å². The fourth-order valence-corrected chi connectivity index (χ4v) is 2.35. The Balaban J connectivity index is 1.97. The summed E-state index contributed by atoms with van der Waals surface area (Å²) < 4.78 is 10.1. The molecule has 2 aromatic rings. The minimum Gasteiger partial charge on any atom is -0.497 e. The number of ketones is 1. The summed E-state index contributed by atoms with van der Waals surface area (Å²) in [6.45, 7) is 4.89. The zero-order chi connectivity index (χ0) is 23.0. The number of anilines is 1. The molecule has 0 atom stereocenters. The summed E-state index contributed by atoms with van der Waals surface area (Å²) in [6.07, 6.45) is 1.37. The van der Waals surface area contributed by atoms with E-state index in [9.17, 15) is 19.6 Å². The number of ether oxygens (including phenoxy) is 2. The summed E-state index contributed by atoms with van der Waals surface area (Å²) in [4.78, 5) is 36.5. The fraction of sp³-hybridized carbons (Fsp3) is 0.250. The summed E-state index contributed by atoms with van der Waals surface area (Å²) in [5.41, 5.74) is 0.731. The zero-order valence-corrected chi connectivity index (χ0v) is 17.9. The van der Waals surface area contributed by atoms with Gasteiger partial charge in [0.05, 0.1) is 7.11 Å². The lowest BCUT2D eigenvalue weighted by atomic mass is 9.95. The van der Waals surface area contributed by atoms with Crippen molar-refractivity contribution in [3.63, 3.8) is 0 Å². The number of nitrogens with one attached hydrogen (secondary N) is 1. The Hall–Kier alpha value is -3.92. The maximum atomic E-state index is 12.3. The van der Waals surface area contributed by atoms with Crippen molar-refractivity contribution in [2.24, 2.45) is 5.41 Å². The fourth-order valence-electron chi connectivity index (χ4n) is 2.35. The molecule has 0 bridgehead atoms. The third-order valence-corrected chi connectivity index (χ3v) is 4.25. The number of carbonyl (C=O) groups excluding carboxylic acids is 3. The number of Topliss-reactive ketones (excluding diaryl/α,β-unsaturated/α-hetero) is 1. The summed E-state index contributed by atoms with van der Waals surface area (Å²) in [5.74, 6) is -0.814. The minimum atomic E-state index is -0.888. The van der Waals surface area contributed by atoms with Crippen LogP contribution in [-0.2, 0) is 14.3 Å². The lowest BCUT2D eigenvalue weighted by molar-refractivity contribution is -0.137. The van der Waals surface area contributed by atoms with Crippen LogP contribution in [0.25, 0.3) is 6.08 Å². The minimum absolute atomic E-state index is 0.145. The maximum absolute atomic E-state index is 12.3. The molecule has 160 valence electrons. The highest BCUT2D eigenvalue weighted by atomic mass is 16.5. The first-order valence-corrected chi connectivity index (χ1v) is 9.51. The summed E-state index contributed by atoms with van der Waals surface area (Å²) in [5, 5.41) is 12.0. The monoisotopic (exact) mass is 420 g/mol. The van der Waals surface area contributed by atoms with E-state index in [1.165, 1.54) is 25.3 Å². The van der Waals surface area contributed by atoms with Gasteiger partial charge in [-0.2, -0.15) is 5.26 Å². The van der Waals surface area contributed by atoms with Crippen LogP contribution in [0, 0.1) is 16.7 Å². The van der Waals surface area contributed by atoms with E-state index in [0.29, 0.717) is 22.6 Å². The lowest BCUT2D eigenvalue weighted by Crippen LogP contribution is -2.27. The van der Waals surface area contributed by atoms with Gasteiger partial charge in [0, 0.05) is 16.7 Å². The van der Waals surface area contributed by atoms with Crippen molar-refractivity contribution in [2.75, 3.05) is 19.0 Å². The smallest absolute Gasteiger partial charge is 0.349 e. The van der Waals surface area contributed by atoms with Gasteiger partial charge in [0.1, 0.15) is 17.4 Å². The molecule has 1 N–H and O–H groups in total. The van der Waals surface area contributed by atoms with Gasteiger partial charge in [0.15, 0.2) is 12.4 Å². The van der Waals surface area contributed by atoms with Crippen molar-refractivity contribution in [3.05, 3.63) is 65.2 Å². The van der Waals surface area contributed by atoms with Gasteiger partial charge in [-0.05, 0) is 48.0 Å². The molecule has 7 nitrogen and oxygen atoms in total. The van der Waals surface area contributed by atoms with Crippen LogP contribution >= 0.6 is 0 Å². The van der Waals surface area contributed by atoms with E-state index in [4.69, 9.17) is 9.47 Å². The highest BCUT2D eigenvalue weighted by Gasteiger charge is 2.21. The predicted octanol–water partition coefficient (Wildman–Crippen LogP) is 4.01. The van der Waals surface area contributed by atoms with Crippen molar-refractivity contribution in [1.29, 1.82) is 5.26 Å². The number of rotatable bonds is 7. The largest absolute Gasteiger partial charge is 0.497 e. The van der Waals surface area contributed by atoms with Crippen LogP contribution in [0.15, 0.2) is 54.1 Å². The van der Waals surface area contributed by atoms with Crippen molar-refractivity contribution in [1.82, 2.24) is 0 Å². The third kappa shape index (κ3) is 6.82. The topological polar surface area (TPSA) is 105 Å². The Labute approximate surface area is 181 Å². The Bertz CT molecular complexity index is 1020. The second-order valence-electron chi connectivity index (χ2n) is 7.72. The van der Waals surface area contributed by atoms with Crippen LogP contribution in [-0.4, -0.2) is 31.4 Å². The van der Waals surface area contributed by atoms with Gasteiger partial charge >= 0.3 is 5.97 Å². The van der Waals surface area contributed by atoms with Crippen LogP contribution in [0.2, 0.25) is 0 Å². The molecule has 0 aliphatic rings. The van der Waals surface area contributed by atoms with Gasteiger partial charge in [0.25, 0.3) is 0 Å². The number of hydrogen-bond acceptors (Lipinski definition) is 6. The molecule has 0 heterocycles. The van der Waals surface area contributed by atoms with Crippen molar-refractivity contribution >= 4 is 29.4 Å². The number of esters is 1. The second-order valence-corrected chi connectivity index (χ2v) is 7.72. The van der Waals surface area contributed by atoms with E-state index in [0.717, 1.165) is 0 Å². The van der Waals surface area contributed by atoms with Crippen LogP contribution in [0.4, 0.5) is 5.69 Å². The number of nitriles is 1. The highest BCUT2D eigenvalue weighted by molar-refractivity contribution is 6.02. The van der Waals surface area contributed by atoms with E-state index in [1.54, 1.807) is 63.2 Å². The van der Waals surface area contributed by atoms with Crippen molar-refractivity contribution in [2.45, 2.75) is 20.8 Å². The Morgan fingerprint density at radius 1 is 1.03 bits per heavy atom. The Morgan fingerprint density at radius 2 is 1.65 bits per heavy atom. The summed E-state index contributed by atoms with van der Waals surface area (Å²) in [7, 11) is 1.54. The normalized spacial score (nSPS) is 11.3. The molecule has 0 fully saturated rings. The van der Waals surface area contributed by atoms with E-state index < -0.39 is 23.8 Å². The molecular formula is C24H24N2O5.